The molecule has 1 saturated heterocycles. The molecule has 1 aliphatic heterocycles. The number of alkyl halides is 3. The van der Waals surface area contributed by atoms with Gasteiger partial charge < -0.3 is 10.0 Å². The minimum absolute atomic E-state index is 0.216. The zero-order valence-corrected chi connectivity index (χ0v) is 12.5. The van der Waals surface area contributed by atoms with E-state index in [1.807, 2.05) is 6.92 Å². The predicted octanol–water partition coefficient (Wildman–Crippen LogP) is 3.06. The van der Waals surface area contributed by atoms with Crippen molar-refractivity contribution in [3.63, 3.8) is 0 Å². The first-order valence-corrected chi connectivity index (χ1v) is 7.97. The number of anilines is 1. The molecule has 0 bridgehead atoms. The Kier molecular flexibility index (Phi) is 4.63. The zero-order valence-electron chi connectivity index (χ0n) is 11.7. The second-order valence-corrected chi connectivity index (χ2v) is 6.69. The van der Waals surface area contributed by atoms with E-state index in [0.717, 1.165) is 0 Å². The number of aliphatic hydroxyl groups is 1. The van der Waals surface area contributed by atoms with Crippen LogP contribution in [-0.4, -0.2) is 33.5 Å². The van der Waals surface area contributed by atoms with Gasteiger partial charge in [-0.25, -0.2) is 4.21 Å². The largest absolute Gasteiger partial charge is 0.475 e. The van der Waals surface area contributed by atoms with Crippen LogP contribution in [0.25, 0.3) is 0 Å². The van der Waals surface area contributed by atoms with Crippen LogP contribution in [0, 0.1) is 0 Å². The number of nitrogens with zero attached hydrogens (tertiary/aromatic N) is 1. The van der Waals surface area contributed by atoms with E-state index in [2.05, 4.69) is 0 Å². The van der Waals surface area contributed by atoms with Crippen LogP contribution in [0.1, 0.15) is 26.2 Å². The van der Waals surface area contributed by atoms with Crippen LogP contribution in [-0.2, 0) is 10.8 Å². The van der Waals surface area contributed by atoms with E-state index in [0.29, 0.717) is 38.0 Å². The van der Waals surface area contributed by atoms with Crippen LogP contribution in [0.3, 0.4) is 0 Å². The first kappa shape index (κ1) is 16.3. The molecule has 1 heterocycles. The molecule has 1 aromatic rings. The molecule has 1 aromatic carbocycles. The van der Waals surface area contributed by atoms with Crippen molar-refractivity contribution in [1.29, 1.82) is 0 Å². The number of para-hydroxylation sites is 1. The smallest absolute Gasteiger partial charge is 0.390 e. The summed E-state index contributed by atoms with van der Waals surface area (Å²) in [5.41, 5.74) is -5.17. The maximum atomic E-state index is 12.7. The predicted molar refractivity (Wildman–Crippen MR) is 75.6 cm³/mol. The molecule has 1 aliphatic rings. The molecule has 1 fully saturated rings. The quantitative estimate of drug-likeness (QED) is 0.930. The number of hydrogen-bond donors (Lipinski definition) is 1. The third-order valence-corrected chi connectivity index (χ3v) is 5.13. The van der Waals surface area contributed by atoms with Crippen molar-refractivity contribution < 1.29 is 22.5 Å². The molecule has 0 saturated carbocycles. The van der Waals surface area contributed by atoms with Crippen molar-refractivity contribution in [3.05, 3.63) is 24.3 Å². The molecule has 1 unspecified atom stereocenters. The Morgan fingerprint density at radius 2 is 1.86 bits per heavy atom. The standard InChI is InChI=1S/C14H18F3NO2S/c1-2-13(19)7-9-18(10-8-13)11-5-3-4-6-12(11)21(20)14(15,16)17/h3-6,19H,2,7-10H2,1H3. The van der Waals surface area contributed by atoms with Gasteiger partial charge in [0.15, 0.2) is 10.8 Å². The molecular weight excluding hydrogens is 303 g/mol. The second kappa shape index (κ2) is 5.96. The Balaban J connectivity index is 2.24. The highest BCUT2D eigenvalue weighted by atomic mass is 32.2. The van der Waals surface area contributed by atoms with E-state index < -0.39 is 21.9 Å². The van der Waals surface area contributed by atoms with Crippen molar-refractivity contribution in [2.45, 2.75) is 42.2 Å². The summed E-state index contributed by atoms with van der Waals surface area (Å²) in [7, 11) is -3.04. The first-order valence-electron chi connectivity index (χ1n) is 6.82. The third-order valence-electron chi connectivity index (χ3n) is 3.97. The molecule has 0 amide bonds. The van der Waals surface area contributed by atoms with E-state index in [-0.39, 0.29) is 4.90 Å². The fraction of sp³-hybridized carbons (Fsp3) is 0.571. The van der Waals surface area contributed by atoms with Crippen molar-refractivity contribution in [1.82, 2.24) is 0 Å². The fourth-order valence-corrected chi connectivity index (χ4v) is 3.36. The van der Waals surface area contributed by atoms with Crippen LogP contribution in [0.5, 0.6) is 0 Å². The Labute approximate surface area is 124 Å². The summed E-state index contributed by atoms with van der Waals surface area (Å²) in [5.74, 6) is 0. The van der Waals surface area contributed by atoms with E-state index >= 15 is 0 Å². The molecule has 3 nitrogen and oxygen atoms in total. The van der Waals surface area contributed by atoms with Gasteiger partial charge in [-0.2, -0.15) is 13.2 Å². The first-order chi connectivity index (χ1) is 9.77. The van der Waals surface area contributed by atoms with Gasteiger partial charge in [0, 0.05) is 13.1 Å². The van der Waals surface area contributed by atoms with Gasteiger partial charge in [-0.05, 0) is 31.4 Å². The fourth-order valence-electron chi connectivity index (χ4n) is 2.52. The van der Waals surface area contributed by atoms with Gasteiger partial charge in [0.05, 0.1) is 16.2 Å². The average Bonchev–Trinajstić information content (AvgIpc) is 2.46. The van der Waals surface area contributed by atoms with Crippen LogP contribution in [0.2, 0.25) is 0 Å². The lowest BCUT2D eigenvalue weighted by molar-refractivity contribution is -0.0384. The molecule has 1 N–H and O–H groups in total. The lowest BCUT2D eigenvalue weighted by atomic mass is 9.89. The van der Waals surface area contributed by atoms with Gasteiger partial charge in [-0.3, -0.25) is 0 Å². The Hall–Kier alpha value is -1.08. The number of hydrogen-bond acceptors (Lipinski definition) is 3. The van der Waals surface area contributed by atoms with E-state index in [1.54, 1.807) is 17.0 Å². The summed E-state index contributed by atoms with van der Waals surface area (Å²) in [6, 6.07) is 5.89. The molecule has 0 spiro atoms. The molecule has 0 radical (unpaired) electrons. The topological polar surface area (TPSA) is 40.5 Å². The van der Waals surface area contributed by atoms with Gasteiger partial charge in [-0.15, -0.1) is 0 Å². The SMILES string of the molecule is CCC1(O)CCN(c2ccccc2S(=O)C(F)(F)F)CC1. The number of benzene rings is 1. The second-order valence-electron chi connectivity index (χ2n) is 5.25. The van der Waals surface area contributed by atoms with Crippen molar-refractivity contribution >= 4 is 16.5 Å². The summed E-state index contributed by atoms with van der Waals surface area (Å²) in [5, 5.41) is 10.2. The summed E-state index contributed by atoms with van der Waals surface area (Å²) in [6.07, 6.45) is 1.62. The van der Waals surface area contributed by atoms with Gasteiger partial charge in [-0.1, -0.05) is 19.1 Å². The molecule has 118 valence electrons. The average molecular weight is 321 g/mol. The van der Waals surface area contributed by atoms with E-state index in [4.69, 9.17) is 0 Å². The monoisotopic (exact) mass is 321 g/mol. The Bertz CT molecular complexity index is 525. The van der Waals surface area contributed by atoms with E-state index in [9.17, 15) is 22.5 Å². The maximum Gasteiger partial charge on any atom is 0.475 e. The number of piperidine rings is 1. The molecule has 21 heavy (non-hydrogen) atoms. The van der Waals surface area contributed by atoms with Gasteiger partial charge >= 0.3 is 5.51 Å². The highest BCUT2D eigenvalue weighted by Crippen LogP contribution is 2.35. The maximum absolute atomic E-state index is 12.7. The third kappa shape index (κ3) is 3.58. The summed E-state index contributed by atoms with van der Waals surface area (Å²) in [6.45, 7) is 2.80. The molecule has 2 rings (SSSR count). The molecular formula is C14H18F3NO2S. The van der Waals surface area contributed by atoms with Crippen molar-refractivity contribution in [3.8, 4) is 0 Å². The zero-order chi connectivity index (χ0) is 15.7. The van der Waals surface area contributed by atoms with Crippen LogP contribution in [0.4, 0.5) is 18.9 Å². The lowest BCUT2D eigenvalue weighted by Gasteiger charge is -2.39. The van der Waals surface area contributed by atoms with Crippen LogP contribution in [0.15, 0.2) is 29.2 Å². The summed E-state index contributed by atoms with van der Waals surface area (Å²) < 4.78 is 49.7. The molecule has 0 aromatic heterocycles. The minimum Gasteiger partial charge on any atom is -0.390 e. The van der Waals surface area contributed by atoms with Crippen LogP contribution >= 0.6 is 0 Å². The highest BCUT2D eigenvalue weighted by molar-refractivity contribution is 7.86. The van der Waals surface area contributed by atoms with Crippen molar-refractivity contribution in [2.24, 2.45) is 0 Å². The highest BCUT2D eigenvalue weighted by Gasteiger charge is 2.40. The Morgan fingerprint density at radius 1 is 1.29 bits per heavy atom. The van der Waals surface area contributed by atoms with Gasteiger partial charge in [0.1, 0.15) is 0 Å². The summed E-state index contributed by atoms with van der Waals surface area (Å²) >= 11 is 0. The minimum atomic E-state index is -4.77. The lowest BCUT2D eigenvalue weighted by Crippen LogP contribution is -2.44. The number of rotatable bonds is 3. The van der Waals surface area contributed by atoms with E-state index in [1.165, 1.54) is 12.1 Å². The Morgan fingerprint density at radius 3 is 2.38 bits per heavy atom. The normalized spacial score (nSPS) is 20.3. The van der Waals surface area contributed by atoms with Gasteiger partial charge in [0.25, 0.3) is 0 Å². The molecule has 1 atom stereocenters. The summed E-state index contributed by atoms with van der Waals surface area (Å²) in [4.78, 5) is 1.55. The van der Waals surface area contributed by atoms with Crippen LogP contribution < -0.4 is 4.90 Å². The van der Waals surface area contributed by atoms with Gasteiger partial charge in [0.2, 0.25) is 0 Å². The molecule has 7 heteroatoms. The molecule has 0 aliphatic carbocycles. The number of halogens is 3. The van der Waals surface area contributed by atoms with Crippen molar-refractivity contribution in [2.75, 3.05) is 18.0 Å².